The summed E-state index contributed by atoms with van der Waals surface area (Å²) in [5, 5.41) is 11.4. The number of hydrogen-bond donors (Lipinski definition) is 3. The SMILES string of the molecule is CC1Cc2cc(S(N)(=O)=O)cc(C(=O)NCC3CCCN3)c2O1. The Morgan fingerprint density at radius 3 is 2.91 bits per heavy atom. The molecule has 0 aliphatic carbocycles. The first-order chi connectivity index (χ1) is 10.8. The quantitative estimate of drug-likeness (QED) is 0.723. The zero-order chi connectivity index (χ0) is 16.6. The molecule has 0 spiro atoms. The Kier molecular flexibility index (Phi) is 4.31. The standard InChI is InChI=1S/C15H21N3O4S/c1-9-5-10-6-12(23(16,20)21)7-13(14(10)22-9)15(19)18-8-11-3-2-4-17-11/h6-7,9,11,17H,2-5,8H2,1H3,(H,18,19)(H2,16,20,21). The van der Waals surface area contributed by atoms with Crippen LogP contribution in [0.2, 0.25) is 0 Å². The van der Waals surface area contributed by atoms with Gasteiger partial charge in [0.25, 0.3) is 5.91 Å². The lowest BCUT2D eigenvalue weighted by Gasteiger charge is -2.14. The molecule has 2 aliphatic rings. The molecule has 0 saturated carbocycles. The summed E-state index contributed by atoms with van der Waals surface area (Å²) in [5.41, 5.74) is 0.932. The van der Waals surface area contributed by atoms with Crippen LogP contribution >= 0.6 is 0 Å². The van der Waals surface area contributed by atoms with Crippen LogP contribution in [0.15, 0.2) is 17.0 Å². The number of carbonyl (C=O) groups is 1. The third-order valence-corrected chi connectivity index (χ3v) is 5.10. The van der Waals surface area contributed by atoms with Crippen molar-refractivity contribution in [3.8, 4) is 5.75 Å². The number of sulfonamides is 1. The molecule has 1 amide bonds. The second-order valence-electron chi connectivity index (χ2n) is 6.14. The summed E-state index contributed by atoms with van der Waals surface area (Å²) in [6, 6.07) is 3.04. The topological polar surface area (TPSA) is 111 Å². The highest BCUT2D eigenvalue weighted by Crippen LogP contribution is 2.34. The highest BCUT2D eigenvalue weighted by molar-refractivity contribution is 7.89. The molecule has 1 aromatic carbocycles. The van der Waals surface area contributed by atoms with Gasteiger partial charge in [0.05, 0.1) is 10.5 Å². The van der Waals surface area contributed by atoms with E-state index >= 15 is 0 Å². The number of fused-ring (bicyclic) bond motifs is 1. The van der Waals surface area contributed by atoms with Gasteiger partial charge >= 0.3 is 0 Å². The van der Waals surface area contributed by atoms with Gasteiger partial charge in [0, 0.05) is 19.0 Å². The van der Waals surface area contributed by atoms with E-state index in [4.69, 9.17) is 9.88 Å². The van der Waals surface area contributed by atoms with E-state index in [1.807, 2.05) is 6.92 Å². The van der Waals surface area contributed by atoms with Gasteiger partial charge in [-0.2, -0.15) is 0 Å². The summed E-state index contributed by atoms with van der Waals surface area (Å²) < 4.78 is 29.0. The lowest BCUT2D eigenvalue weighted by molar-refractivity contribution is 0.0945. The first-order valence-electron chi connectivity index (χ1n) is 7.72. The molecule has 2 heterocycles. The minimum absolute atomic E-state index is 0.0573. The van der Waals surface area contributed by atoms with Crippen LogP contribution in [0.5, 0.6) is 5.75 Å². The van der Waals surface area contributed by atoms with Crippen molar-refractivity contribution in [2.24, 2.45) is 5.14 Å². The van der Waals surface area contributed by atoms with Gasteiger partial charge in [0.1, 0.15) is 11.9 Å². The third-order valence-electron chi connectivity index (χ3n) is 4.21. The zero-order valence-corrected chi connectivity index (χ0v) is 13.8. The molecule has 2 unspecified atom stereocenters. The van der Waals surface area contributed by atoms with E-state index in [9.17, 15) is 13.2 Å². The monoisotopic (exact) mass is 339 g/mol. The van der Waals surface area contributed by atoms with Crippen LogP contribution < -0.4 is 20.5 Å². The Labute approximate surface area is 135 Å². The van der Waals surface area contributed by atoms with Crippen LogP contribution in [0.3, 0.4) is 0 Å². The molecule has 3 rings (SSSR count). The molecule has 126 valence electrons. The van der Waals surface area contributed by atoms with Gasteiger partial charge in [-0.3, -0.25) is 4.79 Å². The van der Waals surface area contributed by atoms with E-state index in [1.54, 1.807) is 0 Å². The summed E-state index contributed by atoms with van der Waals surface area (Å²) in [6.07, 6.45) is 2.58. The molecule has 0 radical (unpaired) electrons. The molecule has 2 atom stereocenters. The van der Waals surface area contributed by atoms with Crippen molar-refractivity contribution in [3.63, 3.8) is 0 Å². The fourth-order valence-electron chi connectivity index (χ4n) is 3.08. The number of rotatable bonds is 4. The van der Waals surface area contributed by atoms with Crippen LogP contribution in [0.1, 0.15) is 35.7 Å². The molecule has 1 fully saturated rings. The summed E-state index contributed by atoms with van der Waals surface area (Å²) in [5.74, 6) is 0.122. The Hall–Kier alpha value is -1.64. The minimum atomic E-state index is -3.88. The fraction of sp³-hybridized carbons (Fsp3) is 0.533. The number of hydrogen-bond acceptors (Lipinski definition) is 5. The summed E-state index contributed by atoms with van der Waals surface area (Å²) in [7, 11) is -3.88. The molecule has 1 saturated heterocycles. The van der Waals surface area contributed by atoms with Crippen molar-refractivity contribution in [2.45, 2.75) is 43.2 Å². The molecule has 2 aliphatic heterocycles. The Morgan fingerprint density at radius 1 is 1.48 bits per heavy atom. The first kappa shape index (κ1) is 16.2. The van der Waals surface area contributed by atoms with Gasteiger partial charge in [-0.15, -0.1) is 0 Å². The van der Waals surface area contributed by atoms with E-state index in [0.717, 1.165) is 19.4 Å². The molecular weight excluding hydrogens is 318 g/mol. The second-order valence-corrected chi connectivity index (χ2v) is 7.70. The molecule has 0 aromatic heterocycles. The molecule has 1 aromatic rings. The molecule has 4 N–H and O–H groups in total. The summed E-state index contributed by atoms with van der Waals surface area (Å²) in [4.78, 5) is 12.4. The smallest absolute Gasteiger partial charge is 0.255 e. The van der Waals surface area contributed by atoms with E-state index in [2.05, 4.69) is 10.6 Å². The lowest BCUT2D eigenvalue weighted by atomic mass is 10.1. The van der Waals surface area contributed by atoms with E-state index < -0.39 is 10.0 Å². The average molecular weight is 339 g/mol. The molecular formula is C15H21N3O4S. The van der Waals surface area contributed by atoms with Gasteiger partial charge in [-0.05, 0) is 44.0 Å². The van der Waals surface area contributed by atoms with Crippen LogP contribution in [-0.4, -0.2) is 39.6 Å². The number of benzene rings is 1. The Morgan fingerprint density at radius 2 is 2.26 bits per heavy atom. The number of nitrogens with two attached hydrogens (primary N) is 1. The average Bonchev–Trinajstić information content (AvgIpc) is 3.10. The summed E-state index contributed by atoms with van der Waals surface area (Å²) in [6.45, 7) is 3.33. The van der Waals surface area contributed by atoms with E-state index in [1.165, 1.54) is 12.1 Å². The second kappa shape index (κ2) is 6.10. The van der Waals surface area contributed by atoms with Crippen molar-refractivity contribution in [2.75, 3.05) is 13.1 Å². The van der Waals surface area contributed by atoms with Gasteiger partial charge in [-0.1, -0.05) is 0 Å². The third kappa shape index (κ3) is 3.49. The molecule has 8 heteroatoms. The maximum Gasteiger partial charge on any atom is 0.255 e. The van der Waals surface area contributed by atoms with E-state index in [0.29, 0.717) is 24.3 Å². The van der Waals surface area contributed by atoms with Gasteiger partial charge in [0.15, 0.2) is 0 Å². The van der Waals surface area contributed by atoms with Crippen molar-refractivity contribution >= 4 is 15.9 Å². The van der Waals surface area contributed by atoms with Crippen molar-refractivity contribution < 1.29 is 17.9 Å². The number of carbonyl (C=O) groups excluding carboxylic acids is 1. The number of ether oxygens (including phenoxy) is 1. The predicted molar refractivity (Wildman–Crippen MR) is 85.0 cm³/mol. The summed E-state index contributed by atoms with van der Waals surface area (Å²) >= 11 is 0. The number of nitrogens with one attached hydrogen (secondary N) is 2. The Balaban J connectivity index is 1.87. The highest BCUT2D eigenvalue weighted by atomic mass is 32.2. The van der Waals surface area contributed by atoms with Crippen LogP contribution in [0.4, 0.5) is 0 Å². The van der Waals surface area contributed by atoms with Crippen molar-refractivity contribution in [1.29, 1.82) is 0 Å². The maximum atomic E-state index is 12.5. The predicted octanol–water partition coefficient (Wildman–Crippen LogP) is 0.139. The molecule has 23 heavy (non-hydrogen) atoms. The van der Waals surface area contributed by atoms with Crippen LogP contribution in [0, 0.1) is 0 Å². The highest BCUT2D eigenvalue weighted by Gasteiger charge is 2.28. The number of amides is 1. The largest absolute Gasteiger partial charge is 0.489 e. The first-order valence-corrected chi connectivity index (χ1v) is 9.27. The molecule has 0 bridgehead atoms. The lowest BCUT2D eigenvalue weighted by Crippen LogP contribution is -2.37. The van der Waals surface area contributed by atoms with Crippen LogP contribution in [-0.2, 0) is 16.4 Å². The van der Waals surface area contributed by atoms with Crippen LogP contribution in [0.25, 0.3) is 0 Å². The normalized spacial score (nSPS) is 23.4. The zero-order valence-electron chi connectivity index (χ0n) is 13.0. The minimum Gasteiger partial charge on any atom is -0.489 e. The molecule has 7 nitrogen and oxygen atoms in total. The Bertz CT molecular complexity index is 726. The number of primary sulfonamides is 1. The van der Waals surface area contributed by atoms with E-state index in [-0.39, 0.29) is 28.5 Å². The van der Waals surface area contributed by atoms with Crippen molar-refractivity contribution in [3.05, 3.63) is 23.3 Å². The van der Waals surface area contributed by atoms with Gasteiger partial charge < -0.3 is 15.4 Å². The van der Waals surface area contributed by atoms with Crippen molar-refractivity contribution in [1.82, 2.24) is 10.6 Å². The van der Waals surface area contributed by atoms with Gasteiger partial charge in [0.2, 0.25) is 10.0 Å². The maximum absolute atomic E-state index is 12.5. The fourth-order valence-corrected chi connectivity index (χ4v) is 3.67. The van der Waals surface area contributed by atoms with Gasteiger partial charge in [-0.25, -0.2) is 13.6 Å².